The van der Waals surface area contributed by atoms with Gasteiger partial charge in [-0.25, -0.2) is 0 Å². The number of hydrogen-bond donors (Lipinski definition) is 1. The van der Waals surface area contributed by atoms with E-state index in [0.29, 0.717) is 24.5 Å². The zero-order valence-electron chi connectivity index (χ0n) is 11.8. The SMILES string of the molecule is COc1c(Cl)ccc(Cl)c1C(=O)NCC1CC(=O)N(C)C1. The van der Waals surface area contributed by atoms with Crippen molar-refractivity contribution < 1.29 is 14.3 Å². The molecular weight excluding hydrogens is 315 g/mol. The first-order valence-corrected chi connectivity index (χ1v) is 7.23. The summed E-state index contributed by atoms with van der Waals surface area (Å²) >= 11 is 12.1. The summed E-state index contributed by atoms with van der Waals surface area (Å²) in [5, 5.41) is 3.38. The molecule has 21 heavy (non-hydrogen) atoms. The lowest BCUT2D eigenvalue weighted by Crippen LogP contribution is -2.31. The number of methoxy groups -OCH3 is 1. The fraction of sp³-hybridized carbons (Fsp3) is 0.429. The minimum atomic E-state index is -0.360. The minimum absolute atomic E-state index is 0.0904. The second kappa shape index (κ2) is 6.54. The van der Waals surface area contributed by atoms with Crippen molar-refractivity contribution in [2.45, 2.75) is 6.42 Å². The van der Waals surface area contributed by atoms with Crippen molar-refractivity contribution >= 4 is 35.0 Å². The van der Waals surface area contributed by atoms with Gasteiger partial charge in [-0.1, -0.05) is 23.2 Å². The molecule has 1 heterocycles. The van der Waals surface area contributed by atoms with E-state index in [9.17, 15) is 9.59 Å². The highest BCUT2D eigenvalue weighted by atomic mass is 35.5. The summed E-state index contributed by atoms with van der Waals surface area (Å²) in [7, 11) is 3.18. The largest absolute Gasteiger partial charge is 0.494 e. The molecule has 1 atom stereocenters. The Morgan fingerprint density at radius 1 is 1.43 bits per heavy atom. The maximum atomic E-state index is 12.3. The first-order valence-electron chi connectivity index (χ1n) is 6.48. The van der Waals surface area contributed by atoms with Crippen LogP contribution in [0.1, 0.15) is 16.8 Å². The van der Waals surface area contributed by atoms with E-state index in [1.807, 2.05) is 0 Å². The summed E-state index contributed by atoms with van der Waals surface area (Å²) in [5.74, 6) is 0.0886. The van der Waals surface area contributed by atoms with Crippen LogP contribution in [-0.4, -0.2) is 44.0 Å². The zero-order valence-corrected chi connectivity index (χ0v) is 13.3. The summed E-state index contributed by atoms with van der Waals surface area (Å²) < 4.78 is 5.14. The average molecular weight is 331 g/mol. The lowest BCUT2D eigenvalue weighted by Gasteiger charge is -2.14. The molecule has 0 aliphatic carbocycles. The average Bonchev–Trinajstić information content (AvgIpc) is 2.77. The highest BCUT2D eigenvalue weighted by Crippen LogP contribution is 2.33. The normalized spacial score (nSPS) is 18.0. The van der Waals surface area contributed by atoms with Crippen molar-refractivity contribution in [2.75, 3.05) is 27.2 Å². The third kappa shape index (κ3) is 3.41. The Morgan fingerprint density at radius 2 is 2.10 bits per heavy atom. The van der Waals surface area contributed by atoms with Gasteiger partial charge in [-0.05, 0) is 12.1 Å². The Labute approximate surface area is 133 Å². The Hall–Kier alpha value is -1.46. The molecule has 2 rings (SSSR count). The molecular formula is C14H16Cl2N2O3. The van der Waals surface area contributed by atoms with Crippen molar-refractivity contribution in [3.63, 3.8) is 0 Å². The topological polar surface area (TPSA) is 58.6 Å². The molecule has 5 nitrogen and oxygen atoms in total. The van der Waals surface area contributed by atoms with Crippen LogP contribution >= 0.6 is 23.2 Å². The molecule has 0 bridgehead atoms. The molecule has 2 amide bonds. The van der Waals surface area contributed by atoms with Gasteiger partial charge in [0.15, 0.2) is 5.75 Å². The summed E-state index contributed by atoms with van der Waals surface area (Å²) in [6.07, 6.45) is 0.442. The number of nitrogens with one attached hydrogen (secondary N) is 1. The third-order valence-electron chi connectivity index (χ3n) is 3.46. The standard InChI is InChI=1S/C14H16Cl2N2O3/c1-18-7-8(5-11(18)19)6-17-14(20)12-9(15)3-4-10(16)13(12)21-2/h3-4,8H,5-7H2,1-2H3,(H,17,20). The highest BCUT2D eigenvalue weighted by molar-refractivity contribution is 6.37. The van der Waals surface area contributed by atoms with Crippen LogP contribution in [0, 0.1) is 5.92 Å². The molecule has 1 saturated heterocycles. The quantitative estimate of drug-likeness (QED) is 0.920. The smallest absolute Gasteiger partial charge is 0.256 e. The first kappa shape index (κ1) is 15.9. The molecule has 1 aliphatic rings. The molecule has 1 N–H and O–H groups in total. The number of ether oxygens (including phenoxy) is 1. The Kier molecular flexibility index (Phi) is 4.96. The van der Waals surface area contributed by atoms with E-state index in [-0.39, 0.29) is 34.1 Å². The van der Waals surface area contributed by atoms with Gasteiger partial charge in [0.25, 0.3) is 5.91 Å². The summed E-state index contributed by atoms with van der Waals surface area (Å²) in [5.41, 5.74) is 0.212. The number of carbonyl (C=O) groups excluding carboxylic acids is 2. The van der Waals surface area contributed by atoms with Crippen molar-refractivity contribution in [1.29, 1.82) is 0 Å². The predicted molar refractivity (Wildman–Crippen MR) is 81.1 cm³/mol. The third-order valence-corrected chi connectivity index (χ3v) is 4.07. The molecule has 1 fully saturated rings. The van der Waals surface area contributed by atoms with Gasteiger partial charge in [0.2, 0.25) is 5.91 Å². The highest BCUT2D eigenvalue weighted by Gasteiger charge is 2.27. The Morgan fingerprint density at radius 3 is 2.67 bits per heavy atom. The molecule has 0 radical (unpaired) electrons. The van der Waals surface area contributed by atoms with Gasteiger partial charge in [0.1, 0.15) is 5.56 Å². The molecule has 1 aliphatic heterocycles. The van der Waals surface area contributed by atoms with E-state index >= 15 is 0 Å². The fourth-order valence-corrected chi connectivity index (χ4v) is 2.83. The van der Waals surface area contributed by atoms with E-state index in [4.69, 9.17) is 27.9 Å². The van der Waals surface area contributed by atoms with Gasteiger partial charge in [0.05, 0.1) is 17.2 Å². The van der Waals surface area contributed by atoms with Crippen LogP contribution < -0.4 is 10.1 Å². The number of hydrogen-bond acceptors (Lipinski definition) is 3. The second-order valence-corrected chi connectivity index (χ2v) is 5.81. The Bertz CT molecular complexity index is 578. The number of halogens is 2. The van der Waals surface area contributed by atoms with Gasteiger partial charge in [-0.2, -0.15) is 0 Å². The van der Waals surface area contributed by atoms with Crippen molar-refractivity contribution in [2.24, 2.45) is 5.92 Å². The molecule has 1 unspecified atom stereocenters. The molecule has 1 aromatic rings. The van der Waals surface area contributed by atoms with Crippen molar-refractivity contribution in [3.8, 4) is 5.75 Å². The molecule has 0 spiro atoms. The Balaban J connectivity index is 2.08. The maximum absolute atomic E-state index is 12.3. The number of carbonyl (C=O) groups is 2. The van der Waals surface area contributed by atoms with E-state index < -0.39 is 0 Å². The number of likely N-dealkylation sites (tertiary alicyclic amines) is 1. The summed E-state index contributed by atoms with van der Waals surface area (Å²) in [6, 6.07) is 3.12. The number of benzene rings is 1. The van der Waals surface area contributed by atoms with E-state index in [2.05, 4.69) is 5.32 Å². The second-order valence-electron chi connectivity index (χ2n) is 4.99. The van der Waals surface area contributed by atoms with Crippen LogP contribution in [0.2, 0.25) is 10.0 Å². The number of nitrogens with zero attached hydrogens (tertiary/aromatic N) is 1. The van der Waals surface area contributed by atoms with Crippen LogP contribution in [0.5, 0.6) is 5.75 Å². The molecule has 1 aromatic carbocycles. The van der Waals surface area contributed by atoms with Gasteiger partial charge in [-0.15, -0.1) is 0 Å². The fourth-order valence-electron chi connectivity index (χ4n) is 2.36. The zero-order chi connectivity index (χ0) is 15.6. The van der Waals surface area contributed by atoms with Gasteiger partial charge in [-0.3, -0.25) is 9.59 Å². The van der Waals surface area contributed by atoms with Crippen LogP contribution in [0.3, 0.4) is 0 Å². The molecule has 0 saturated carbocycles. The van der Waals surface area contributed by atoms with E-state index in [1.54, 1.807) is 24.1 Å². The van der Waals surface area contributed by atoms with Crippen molar-refractivity contribution in [3.05, 3.63) is 27.7 Å². The predicted octanol–water partition coefficient (Wildman–Crippen LogP) is 2.21. The lowest BCUT2D eigenvalue weighted by atomic mass is 10.1. The van der Waals surface area contributed by atoms with Gasteiger partial charge in [0, 0.05) is 32.5 Å². The monoisotopic (exact) mass is 330 g/mol. The van der Waals surface area contributed by atoms with Crippen LogP contribution in [0.25, 0.3) is 0 Å². The van der Waals surface area contributed by atoms with Gasteiger partial charge < -0.3 is 15.0 Å². The maximum Gasteiger partial charge on any atom is 0.256 e. The van der Waals surface area contributed by atoms with E-state index in [1.165, 1.54) is 7.11 Å². The van der Waals surface area contributed by atoms with Gasteiger partial charge >= 0.3 is 0 Å². The van der Waals surface area contributed by atoms with Crippen molar-refractivity contribution in [1.82, 2.24) is 10.2 Å². The molecule has 7 heteroatoms. The van der Waals surface area contributed by atoms with Crippen LogP contribution in [-0.2, 0) is 4.79 Å². The minimum Gasteiger partial charge on any atom is -0.494 e. The number of rotatable bonds is 4. The molecule has 0 aromatic heterocycles. The summed E-state index contributed by atoms with van der Waals surface area (Å²) in [6.45, 7) is 1.04. The first-order chi connectivity index (χ1) is 9.93. The summed E-state index contributed by atoms with van der Waals surface area (Å²) in [4.78, 5) is 25.4. The molecule has 114 valence electrons. The van der Waals surface area contributed by atoms with E-state index in [0.717, 1.165) is 0 Å². The number of amides is 2. The van der Waals surface area contributed by atoms with Crippen LogP contribution in [0.15, 0.2) is 12.1 Å². The lowest BCUT2D eigenvalue weighted by molar-refractivity contribution is -0.126. The van der Waals surface area contributed by atoms with Crippen LogP contribution in [0.4, 0.5) is 0 Å².